The van der Waals surface area contributed by atoms with Crippen LogP contribution in [-0.2, 0) is 52.2 Å². The standard InChI is InChI=1S/C49H50O14/c1-26(2)47-38(62-47)39-49(63-39)46(4)21-20-31-32(23-54-43(31)53)33(46)22-35-48(49,61-35)45(47)57-25-56-44-37(60-42(52)30-18-12-7-13-19-30)27(3)36(59-41(51)29-16-10-6-11-17-29)34(58-44)24-55-40(50)28-14-8-5-9-15-28/h5-19,26-27,33-39,44-45H,20-25H2,1-4H3/t27-,33-,34?,35-,36+,37?,38-,39-,44-,45+,46-,47-,48+,49+/m0/s1. The fourth-order valence-corrected chi connectivity index (χ4v) is 12.2. The number of carbonyl (C=O) groups is 4. The second kappa shape index (κ2) is 14.8. The maximum Gasteiger partial charge on any atom is 0.338 e. The number of ether oxygens (including phenoxy) is 10. The lowest BCUT2D eigenvalue weighted by atomic mass is 9.46. The van der Waals surface area contributed by atoms with E-state index in [-0.39, 0.29) is 54.9 Å². The van der Waals surface area contributed by atoms with Crippen LogP contribution < -0.4 is 0 Å². The third-order valence-electron chi connectivity index (χ3n) is 15.4. The summed E-state index contributed by atoms with van der Waals surface area (Å²) in [6.07, 6.45) is -3.71. The zero-order valence-corrected chi connectivity index (χ0v) is 35.5. The topological polar surface area (TPSA) is 170 Å². The quantitative estimate of drug-likeness (QED) is 0.0931. The van der Waals surface area contributed by atoms with Crippen LogP contribution in [-0.4, -0.2) is 110 Å². The molecule has 0 radical (unpaired) electrons. The number of fused-ring (bicyclic) bond motifs is 4. The van der Waals surface area contributed by atoms with E-state index in [2.05, 4.69) is 20.8 Å². The number of hydrogen-bond donors (Lipinski definition) is 0. The molecule has 2 spiro atoms. The Morgan fingerprint density at radius 3 is 2.03 bits per heavy atom. The molecule has 5 aliphatic heterocycles. The zero-order chi connectivity index (χ0) is 43.5. The van der Waals surface area contributed by atoms with Crippen LogP contribution in [0.2, 0.25) is 0 Å². The SMILES string of the molecule is CC(C)[C@]12O[C@H]1[C@@H]1O[C@]13[C@]1(O[C@H]1C[C@H]1C4=C(CC[C@@]13C)C(=O)OC4)[C@@H]2OCO[C@H]1OC(COC(=O)c2ccccc2)[C@H](OC(=O)c2ccccc2)[C@H](C)C1OC(=O)c1ccccc1. The Hall–Kier alpha value is -4.96. The molecule has 63 heavy (non-hydrogen) atoms. The Bertz CT molecular complexity index is 2350. The molecule has 0 aromatic heterocycles. The van der Waals surface area contributed by atoms with Gasteiger partial charge in [0.1, 0.15) is 54.9 Å². The van der Waals surface area contributed by atoms with Crippen LogP contribution in [0.1, 0.15) is 78.0 Å². The van der Waals surface area contributed by atoms with Gasteiger partial charge in [0.25, 0.3) is 0 Å². The van der Waals surface area contributed by atoms with Crippen LogP contribution >= 0.6 is 0 Å². The summed E-state index contributed by atoms with van der Waals surface area (Å²) in [4.78, 5) is 53.3. The summed E-state index contributed by atoms with van der Waals surface area (Å²) in [6, 6.07) is 25.6. The molecule has 2 unspecified atom stereocenters. The van der Waals surface area contributed by atoms with Crippen molar-refractivity contribution in [1.29, 1.82) is 0 Å². The van der Waals surface area contributed by atoms with Gasteiger partial charge in [-0.1, -0.05) is 82.3 Å². The number of hydrogen-bond acceptors (Lipinski definition) is 14. The molecule has 3 aromatic carbocycles. The fraction of sp³-hybridized carbons (Fsp3) is 0.510. The molecule has 11 rings (SSSR count). The summed E-state index contributed by atoms with van der Waals surface area (Å²) in [5.41, 5.74) is 0.163. The van der Waals surface area contributed by atoms with E-state index in [0.29, 0.717) is 36.1 Å². The van der Waals surface area contributed by atoms with Crippen LogP contribution in [0.5, 0.6) is 0 Å². The Labute approximate surface area is 364 Å². The number of carbonyl (C=O) groups excluding carboxylic acids is 4. The first kappa shape index (κ1) is 40.8. The van der Waals surface area contributed by atoms with Gasteiger partial charge in [-0.25, -0.2) is 19.2 Å². The fourth-order valence-electron chi connectivity index (χ4n) is 12.2. The lowest BCUT2D eigenvalue weighted by Gasteiger charge is -2.54. The van der Waals surface area contributed by atoms with Crippen LogP contribution in [0.25, 0.3) is 0 Å². The largest absolute Gasteiger partial charge is 0.459 e. The second-order valence-corrected chi connectivity index (χ2v) is 18.7. The van der Waals surface area contributed by atoms with E-state index < -0.39 is 71.3 Å². The van der Waals surface area contributed by atoms with E-state index in [1.54, 1.807) is 97.9 Å². The van der Waals surface area contributed by atoms with Crippen molar-refractivity contribution in [2.45, 2.75) is 113 Å². The molecule has 8 aliphatic rings. The Kier molecular flexibility index (Phi) is 9.58. The van der Waals surface area contributed by atoms with E-state index in [0.717, 1.165) is 17.6 Å². The predicted molar refractivity (Wildman–Crippen MR) is 218 cm³/mol. The first-order valence-electron chi connectivity index (χ1n) is 22.0. The molecule has 14 nitrogen and oxygen atoms in total. The highest BCUT2D eigenvalue weighted by Crippen LogP contribution is 2.83. The molecule has 14 atom stereocenters. The van der Waals surface area contributed by atoms with Crippen molar-refractivity contribution in [2.24, 2.45) is 23.2 Å². The van der Waals surface area contributed by atoms with Crippen LogP contribution in [0.3, 0.4) is 0 Å². The molecule has 2 saturated carbocycles. The highest BCUT2D eigenvalue weighted by atomic mass is 16.8. The molecule has 3 aliphatic carbocycles. The Morgan fingerprint density at radius 2 is 1.40 bits per heavy atom. The lowest BCUT2D eigenvalue weighted by molar-refractivity contribution is -0.312. The lowest BCUT2D eigenvalue weighted by Crippen LogP contribution is -2.69. The van der Waals surface area contributed by atoms with Crippen molar-refractivity contribution in [2.75, 3.05) is 20.0 Å². The number of rotatable bonds is 12. The van der Waals surface area contributed by atoms with Crippen molar-refractivity contribution in [3.63, 3.8) is 0 Å². The van der Waals surface area contributed by atoms with E-state index in [1.165, 1.54) is 0 Å². The van der Waals surface area contributed by atoms with Gasteiger partial charge in [-0.2, -0.15) is 0 Å². The summed E-state index contributed by atoms with van der Waals surface area (Å²) in [7, 11) is 0. The van der Waals surface area contributed by atoms with Crippen molar-refractivity contribution in [1.82, 2.24) is 0 Å². The number of esters is 4. The highest BCUT2D eigenvalue weighted by Gasteiger charge is 3.00. The monoisotopic (exact) mass is 862 g/mol. The van der Waals surface area contributed by atoms with E-state index in [1.807, 2.05) is 0 Å². The summed E-state index contributed by atoms with van der Waals surface area (Å²) >= 11 is 0. The smallest absolute Gasteiger partial charge is 0.338 e. The van der Waals surface area contributed by atoms with Gasteiger partial charge in [0, 0.05) is 16.9 Å². The van der Waals surface area contributed by atoms with Gasteiger partial charge < -0.3 is 47.4 Å². The van der Waals surface area contributed by atoms with Gasteiger partial charge in [-0.05, 0) is 73.1 Å². The molecule has 5 heterocycles. The van der Waals surface area contributed by atoms with Gasteiger partial charge in [0.2, 0.25) is 0 Å². The molecule has 14 heteroatoms. The molecule has 3 aromatic rings. The van der Waals surface area contributed by atoms with Gasteiger partial charge in [-0.3, -0.25) is 0 Å². The van der Waals surface area contributed by atoms with Crippen LogP contribution in [0, 0.1) is 23.2 Å². The minimum Gasteiger partial charge on any atom is -0.459 e. The van der Waals surface area contributed by atoms with Gasteiger partial charge >= 0.3 is 23.9 Å². The van der Waals surface area contributed by atoms with Crippen molar-refractivity contribution < 1.29 is 66.5 Å². The van der Waals surface area contributed by atoms with Crippen LogP contribution in [0.15, 0.2) is 102 Å². The third-order valence-corrected chi connectivity index (χ3v) is 15.4. The van der Waals surface area contributed by atoms with Crippen molar-refractivity contribution >= 4 is 23.9 Å². The number of epoxide rings is 3. The zero-order valence-electron chi connectivity index (χ0n) is 35.5. The average molecular weight is 863 g/mol. The molecule has 330 valence electrons. The average Bonchev–Trinajstić information content (AvgIpc) is 4.24. The third kappa shape index (κ3) is 5.98. The molecular weight excluding hydrogens is 813 g/mol. The van der Waals surface area contributed by atoms with Gasteiger partial charge in [-0.15, -0.1) is 0 Å². The summed E-state index contributed by atoms with van der Waals surface area (Å²) < 4.78 is 64.2. The maximum absolute atomic E-state index is 13.8. The molecule has 0 N–H and O–H groups in total. The Morgan fingerprint density at radius 1 is 0.778 bits per heavy atom. The highest BCUT2D eigenvalue weighted by molar-refractivity contribution is 5.92. The summed E-state index contributed by atoms with van der Waals surface area (Å²) in [6.45, 7) is 7.91. The molecule has 0 amide bonds. The van der Waals surface area contributed by atoms with Crippen molar-refractivity contribution in [3.05, 3.63) is 119 Å². The predicted octanol–water partition coefficient (Wildman–Crippen LogP) is 5.77. The summed E-state index contributed by atoms with van der Waals surface area (Å²) in [5, 5.41) is 0. The molecule has 4 saturated heterocycles. The van der Waals surface area contributed by atoms with E-state index in [9.17, 15) is 19.2 Å². The minimum atomic E-state index is -1.27. The summed E-state index contributed by atoms with van der Waals surface area (Å²) in [5.74, 6) is -2.74. The van der Waals surface area contributed by atoms with Gasteiger partial charge in [0.15, 0.2) is 24.8 Å². The number of cyclic esters (lactones) is 1. The number of benzene rings is 3. The normalized spacial score (nSPS) is 39.9. The molecular formula is C49H50O14. The first-order valence-corrected chi connectivity index (χ1v) is 22.0. The second-order valence-electron chi connectivity index (χ2n) is 18.7. The molecule has 6 fully saturated rings. The minimum absolute atomic E-state index is 0.0234. The Balaban J connectivity index is 0.886. The first-order chi connectivity index (χ1) is 30.4. The van der Waals surface area contributed by atoms with E-state index in [4.69, 9.17) is 47.4 Å². The van der Waals surface area contributed by atoms with Crippen molar-refractivity contribution in [3.8, 4) is 0 Å². The van der Waals surface area contributed by atoms with E-state index >= 15 is 0 Å². The molecule has 0 bridgehead atoms. The van der Waals surface area contributed by atoms with Crippen LogP contribution in [0.4, 0.5) is 0 Å². The van der Waals surface area contributed by atoms with Gasteiger partial charge in [0.05, 0.1) is 22.8 Å². The maximum atomic E-state index is 13.8.